The summed E-state index contributed by atoms with van der Waals surface area (Å²) in [7, 11) is 0. The van der Waals surface area contributed by atoms with Crippen LogP contribution in [0.4, 0.5) is 0 Å². The summed E-state index contributed by atoms with van der Waals surface area (Å²) in [5, 5.41) is 0. The van der Waals surface area contributed by atoms with Crippen molar-refractivity contribution in [3.63, 3.8) is 0 Å². The normalized spacial score (nSPS) is 17.6. The average molecular weight is 242 g/mol. The first-order valence-corrected chi connectivity index (χ1v) is 7.79. The van der Waals surface area contributed by atoms with E-state index in [4.69, 9.17) is 5.73 Å². The van der Waals surface area contributed by atoms with Gasteiger partial charge in [-0.15, -0.1) is 0 Å². The van der Waals surface area contributed by atoms with E-state index in [1.807, 2.05) is 13.8 Å². The number of hydrogen-bond donors (Lipinski definition) is 1. The summed E-state index contributed by atoms with van der Waals surface area (Å²) in [5.74, 6) is 1.01. The SMILES string of the molecule is CC.CCC1CCN(CCCCCCN)CC1. The predicted molar refractivity (Wildman–Crippen MR) is 78.3 cm³/mol. The lowest BCUT2D eigenvalue weighted by Crippen LogP contribution is -2.34. The van der Waals surface area contributed by atoms with E-state index in [9.17, 15) is 0 Å². The fraction of sp³-hybridized carbons (Fsp3) is 1.00. The predicted octanol–water partition coefficient (Wildman–Crippen LogP) is 3.65. The maximum Gasteiger partial charge on any atom is -0.00161 e. The zero-order valence-corrected chi connectivity index (χ0v) is 12.4. The topological polar surface area (TPSA) is 29.3 Å². The summed E-state index contributed by atoms with van der Waals surface area (Å²) in [6.45, 7) is 11.2. The van der Waals surface area contributed by atoms with Gasteiger partial charge < -0.3 is 10.6 Å². The Morgan fingerprint density at radius 3 is 2.12 bits per heavy atom. The van der Waals surface area contributed by atoms with Gasteiger partial charge in [-0.2, -0.15) is 0 Å². The van der Waals surface area contributed by atoms with Crippen molar-refractivity contribution in [3.05, 3.63) is 0 Å². The molecule has 2 N–H and O–H groups in total. The Kier molecular flexibility index (Phi) is 12.3. The molecule has 1 aliphatic rings. The Hall–Kier alpha value is -0.0800. The van der Waals surface area contributed by atoms with Crippen LogP contribution in [0.1, 0.15) is 65.7 Å². The van der Waals surface area contributed by atoms with Gasteiger partial charge in [0.05, 0.1) is 0 Å². The molecule has 1 heterocycles. The highest BCUT2D eigenvalue weighted by atomic mass is 15.1. The minimum atomic E-state index is 0.863. The van der Waals surface area contributed by atoms with Crippen molar-refractivity contribution >= 4 is 0 Å². The van der Waals surface area contributed by atoms with Crippen LogP contribution in [0.2, 0.25) is 0 Å². The summed E-state index contributed by atoms with van der Waals surface area (Å²) in [6.07, 6.45) is 9.50. The first-order chi connectivity index (χ1) is 8.36. The van der Waals surface area contributed by atoms with E-state index in [1.54, 1.807) is 0 Å². The van der Waals surface area contributed by atoms with E-state index in [1.165, 1.54) is 64.6 Å². The maximum absolute atomic E-state index is 5.47. The van der Waals surface area contributed by atoms with Gasteiger partial charge in [0.25, 0.3) is 0 Å². The second-order valence-electron chi connectivity index (χ2n) is 4.90. The van der Waals surface area contributed by atoms with E-state index < -0.39 is 0 Å². The third kappa shape index (κ3) is 8.62. The molecule has 0 aromatic carbocycles. The monoisotopic (exact) mass is 242 g/mol. The molecule has 2 heteroatoms. The lowest BCUT2D eigenvalue weighted by atomic mass is 9.94. The molecule has 1 fully saturated rings. The Labute approximate surface area is 109 Å². The number of piperidine rings is 1. The van der Waals surface area contributed by atoms with Gasteiger partial charge >= 0.3 is 0 Å². The lowest BCUT2D eigenvalue weighted by molar-refractivity contribution is 0.179. The molecule has 0 aromatic rings. The van der Waals surface area contributed by atoms with Crippen molar-refractivity contribution in [2.24, 2.45) is 11.7 Å². The molecular weight excluding hydrogens is 208 g/mol. The van der Waals surface area contributed by atoms with E-state index in [0.29, 0.717) is 0 Å². The van der Waals surface area contributed by atoms with Gasteiger partial charge in [0.2, 0.25) is 0 Å². The molecule has 2 nitrogen and oxygen atoms in total. The molecular formula is C15H34N2. The van der Waals surface area contributed by atoms with Gasteiger partial charge in [-0.1, -0.05) is 40.0 Å². The van der Waals surface area contributed by atoms with Crippen LogP contribution < -0.4 is 5.73 Å². The van der Waals surface area contributed by atoms with Gasteiger partial charge in [0.1, 0.15) is 0 Å². The molecule has 0 unspecified atom stereocenters. The minimum Gasteiger partial charge on any atom is -0.330 e. The van der Waals surface area contributed by atoms with Crippen molar-refractivity contribution < 1.29 is 0 Å². The van der Waals surface area contributed by atoms with Crippen LogP contribution >= 0.6 is 0 Å². The first-order valence-electron chi connectivity index (χ1n) is 7.79. The van der Waals surface area contributed by atoms with Gasteiger partial charge in [-0.3, -0.25) is 0 Å². The molecule has 0 amide bonds. The highest BCUT2D eigenvalue weighted by molar-refractivity contribution is 4.71. The van der Waals surface area contributed by atoms with Crippen molar-refractivity contribution in [1.82, 2.24) is 4.90 Å². The number of nitrogens with two attached hydrogens (primary N) is 1. The Balaban J connectivity index is 0.00000121. The summed E-state index contributed by atoms with van der Waals surface area (Å²) in [5.41, 5.74) is 5.47. The van der Waals surface area contributed by atoms with Crippen LogP contribution in [0.15, 0.2) is 0 Å². The van der Waals surface area contributed by atoms with Crippen molar-refractivity contribution in [3.8, 4) is 0 Å². The Bertz CT molecular complexity index is 140. The fourth-order valence-corrected chi connectivity index (χ4v) is 2.45. The van der Waals surface area contributed by atoms with Crippen molar-refractivity contribution in [2.75, 3.05) is 26.2 Å². The highest BCUT2D eigenvalue weighted by Gasteiger charge is 2.16. The number of unbranched alkanes of at least 4 members (excludes halogenated alkanes) is 3. The number of rotatable bonds is 7. The van der Waals surface area contributed by atoms with E-state index in [0.717, 1.165) is 12.5 Å². The number of likely N-dealkylation sites (tertiary alicyclic amines) is 1. The molecule has 0 aliphatic carbocycles. The number of hydrogen-bond acceptors (Lipinski definition) is 2. The van der Waals surface area contributed by atoms with Gasteiger partial charge in [0.15, 0.2) is 0 Å². The van der Waals surface area contributed by atoms with Crippen LogP contribution in [0.5, 0.6) is 0 Å². The van der Waals surface area contributed by atoms with Crippen molar-refractivity contribution in [1.29, 1.82) is 0 Å². The van der Waals surface area contributed by atoms with Gasteiger partial charge in [-0.05, 0) is 57.8 Å². The van der Waals surface area contributed by atoms with E-state index in [-0.39, 0.29) is 0 Å². The maximum atomic E-state index is 5.47. The fourth-order valence-electron chi connectivity index (χ4n) is 2.45. The standard InChI is InChI=1S/C13H28N2.C2H6/c1-2-13-7-11-15(12-8-13)10-6-4-3-5-9-14;1-2/h13H,2-12,14H2,1H3;1-2H3. The molecule has 0 saturated carbocycles. The van der Waals surface area contributed by atoms with Crippen LogP contribution in [-0.2, 0) is 0 Å². The largest absolute Gasteiger partial charge is 0.330 e. The zero-order valence-electron chi connectivity index (χ0n) is 12.4. The Morgan fingerprint density at radius 2 is 1.59 bits per heavy atom. The molecule has 1 aliphatic heterocycles. The number of nitrogens with zero attached hydrogens (tertiary/aromatic N) is 1. The summed E-state index contributed by atoms with van der Waals surface area (Å²) in [4.78, 5) is 2.65. The lowest BCUT2D eigenvalue weighted by Gasteiger charge is -2.31. The second kappa shape index (κ2) is 12.4. The Morgan fingerprint density at radius 1 is 1.00 bits per heavy atom. The molecule has 104 valence electrons. The van der Waals surface area contributed by atoms with E-state index in [2.05, 4.69) is 11.8 Å². The molecule has 0 atom stereocenters. The summed E-state index contributed by atoms with van der Waals surface area (Å²) >= 11 is 0. The minimum absolute atomic E-state index is 0.863. The van der Waals surface area contributed by atoms with Crippen molar-refractivity contribution in [2.45, 2.75) is 65.7 Å². The van der Waals surface area contributed by atoms with E-state index >= 15 is 0 Å². The molecule has 1 rings (SSSR count). The molecule has 17 heavy (non-hydrogen) atoms. The summed E-state index contributed by atoms with van der Waals surface area (Å²) in [6, 6.07) is 0. The van der Waals surface area contributed by atoms with Crippen LogP contribution in [-0.4, -0.2) is 31.1 Å². The zero-order chi connectivity index (χ0) is 12.9. The van der Waals surface area contributed by atoms with Crippen LogP contribution in [0.25, 0.3) is 0 Å². The van der Waals surface area contributed by atoms with Gasteiger partial charge in [0, 0.05) is 0 Å². The van der Waals surface area contributed by atoms with Crippen LogP contribution in [0, 0.1) is 5.92 Å². The molecule has 1 saturated heterocycles. The molecule has 0 aromatic heterocycles. The van der Waals surface area contributed by atoms with Gasteiger partial charge in [-0.25, -0.2) is 0 Å². The molecule has 0 bridgehead atoms. The second-order valence-corrected chi connectivity index (χ2v) is 4.90. The molecule has 0 spiro atoms. The van der Waals surface area contributed by atoms with Crippen LogP contribution in [0.3, 0.4) is 0 Å². The smallest absolute Gasteiger partial charge is 0.00161 e. The third-order valence-corrected chi connectivity index (χ3v) is 3.71. The first kappa shape index (κ1) is 16.9. The highest BCUT2D eigenvalue weighted by Crippen LogP contribution is 2.20. The average Bonchev–Trinajstić information content (AvgIpc) is 2.41. The third-order valence-electron chi connectivity index (χ3n) is 3.71. The molecule has 0 radical (unpaired) electrons. The quantitative estimate of drug-likeness (QED) is 0.690. The summed E-state index contributed by atoms with van der Waals surface area (Å²) < 4.78 is 0.